The van der Waals surface area contributed by atoms with E-state index in [2.05, 4.69) is 11.8 Å². The number of likely N-dealkylation sites (N-methyl/N-ethyl adjacent to an activating group) is 1. The van der Waals surface area contributed by atoms with E-state index in [4.69, 9.17) is 0 Å². The van der Waals surface area contributed by atoms with Crippen LogP contribution in [0.15, 0.2) is 29.2 Å². The van der Waals surface area contributed by atoms with Crippen LogP contribution in [0.2, 0.25) is 0 Å². The summed E-state index contributed by atoms with van der Waals surface area (Å²) >= 11 is 0. The minimum absolute atomic E-state index is 0.107. The Balaban J connectivity index is 1.98. The van der Waals surface area contributed by atoms with Gasteiger partial charge >= 0.3 is 0 Å². The maximum atomic E-state index is 13.5. The minimum Gasteiger partial charge on any atom is -0.350 e. The van der Waals surface area contributed by atoms with Gasteiger partial charge in [-0.2, -0.15) is 0 Å². The van der Waals surface area contributed by atoms with Gasteiger partial charge in [0, 0.05) is 44.8 Å². The summed E-state index contributed by atoms with van der Waals surface area (Å²) in [6, 6.07) is 4.07. The maximum absolute atomic E-state index is 13.5. The lowest BCUT2D eigenvalue weighted by Crippen LogP contribution is -2.49. The first kappa shape index (κ1) is 15.7. The first-order valence-electron chi connectivity index (χ1n) is 7.81. The Hall–Kier alpha value is -2.21. The number of aryl methyl sites for hydroxylation is 1. The van der Waals surface area contributed by atoms with Crippen molar-refractivity contribution in [1.82, 2.24) is 14.4 Å². The lowest BCUT2D eigenvalue weighted by Gasteiger charge is -2.34. The number of benzene rings is 1. The van der Waals surface area contributed by atoms with Crippen molar-refractivity contribution in [2.75, 3.05) is 32.7 Å². The number of aromatic nitrogens is 1. The molecule has 1 aliphatic heterocycles. The van der Waals surface area contributed by atoms with Gasteiger partial charge in [-0.3, -0.25) is 9.59 Å². The molecule has 0 N–H and O–H groups in total. The Kier molecular flexibility index (Phi) is 4.17. The van der Waals surface area contributed by atoms with Gasteiger partial charge in [0.25, 0.3) is 5.91 Å². The summed E-state index contributed by atoms with van der Waals surface area (Å²) in [7, 11) is 1.76. The Bertz CT molecular complexity index is 807. The van der Waals surface area contributed by atoms with Gasteiger partial charge in [-0.15, -0.1) is 0 Å². The Morgan fingerprint density at radius 3 is 2.57 bits per heavy atom. The fourth-order valence-electron chi connectivity index (χ4n) is 3.05. The average molecular weight is 317 g/mol. The zero-order valence-corrected chi connectivity index (χ0v) is 13.4. The minimum atomic E-state index is -0.476. The van der Waals surface area contributed by atoms with Gasteiger partial charge in [-0.1, -0.05) is 6.92 Å². The third-order valence-electron chi connectivity index (χ3n) is 4.49. The monoisotopic (exact) mass is 317 g/mol. The molecular formula is C17H20FN3O2. The van der Waals surface area contributed by atoms with Crippen LogP contribution in [-0.2, 0) is 7.05 Å². The van der Waals surface area contributed by atoms with E-state index in [1.807, 2.05) is 0 Å². The molecule has 1 saturated heterocycles. The average Bonchev–Trinajstić information content (AvgIpc) is 2.57. The summed E-state index contributed by atoms with van der Waals surface area (Å²) in [6.07, 6.45) is 1.55. The second-order valence-electron chi connectivity index (χ2n) is 5.87. The van der Waals surface area contributed by atoms with Gasteiger partial charge in [0.1, 0.15) is 11.4 Å². The molecule has 0 atom stereocenters. The van der Waals surface area contributed by atoms with Crippen molar-refractivity contribution in [1.29, 1.82) is 0 Å². The quantitative estimate of drug-likeness (QED) is 0.842. The fourth-order valence-corrected chi connectivity index (χ4v) is 3.05. The highest BCUT2D eigenvalue weighted by Crippen LogP contribution is 2.14. The molecule has 0 unspecified atom stereocenters. The van der Waals surface area contributed by atoms with Gasteiger partial charge in [-0.05, 0) is 24.7 Å². The number of pyridine rings is 1. The zero-order valence-electron chi connectivity index (χ0n) is 13.4. The molecule has 0 bridgehead atoms. The van der Waals surface area contributed by atoms with E-state index in [0.717, 1.165) is 19.6 Å². The van der Waals surface area contributed by atoms with Crippen molar-refractivity contribution in [3.8, 4) is 0 Å². The normalized spacial score (nSPS) is 16.0. The van der Waals surface area contributed by atoms with E-state index >= 15 is 0 Å². The third-order valence-corrected chi connectivity index (χ3v) is 4.49. The molecular weight excluding hydrogens is 297 g/mol. The molecule has 0 saturated carbocycles. The lowest BCUT2D eigenvalue weighted by atomic mass is 10.1. The molecule has 1 aliphatic rings. The van der Waals surface area contributed by atoms with Gasteiger partial charge in [0.05, 0.1) is 5.52 Å². The van der Waals surface area contributed by atoms with Crippen LogP contribution < -0.4 is 5.43 Å². The van der Waals surface area contributed by atoms with Gasteiger partial charge in [0.15, 0.2) is 0 Å². The van der Waals surface area contributed by atoms with E-state index in [9.17, 15) is 14.0 Å². The van der Waals surface area contributed by atoms with Crippen molar-refractivity contribution < 1.29 is 9.18 Å². The second kappa shape index (κ2) is 6.12. The number of hydrogen-bond acceptors (Lipinski definition) is 3. The molecule has 6 heteroatoms. The van der Waals surface area contributed by atoms with Crippen molar-refractivity contribution >= 4 is 16.8 Å². The number of piperazine rings is 1. The van der Waals surface area contributed by atoms with Gasteiger partial charge < -0.3 is 14.4 Å². The van der Waals surface area contributed by atoms with Gasteiger partial charge in [0.2, 0.25) is 5.43 Å². The molecule has 0 radical (unpaired) electrons. The first-order valence-corrected chi connectivity index (χ1v) is 7.81. The fraction of sp³-hybridized carbons (Fsp3) is 0.412. The predicted octanol–water partition coefficient (Wildman–Crippen LogP) is 1.46. The molecule has 122 valence electrons. The first-order chi connectivity index (χ1) is 11.0. The van der Waals surface area contributed by atoms with Gasteiger partial charge in [-0.25, -0.2) is 4.39 Å². The van der Waals surface area contributed by atoms with Crippen molar-refractivity contribution in [3.05, 3.63) is 46.0 Å². The van der Waals surface area contributed by atoms with Crippen LogP contribution in [0.3, 0.4) is 0 Å². The Morgan fingerprint density at radius 2 is 1.91 bits per heavy atom. The molecule has 3 rings (SSSR count). The van der Waals surface area contributed by atoms with E-state index in [1.165, 1.54) is 12.1 Å². The van der Waals surface area contributed by atoms with E-state index in [1.54, 1.807) is 28.8 Å². The highest BCUT2D eigenvalue weighted by molar-refractivity contribution is 5.97. The largest absolute Gasteiger partial charge is 0.350 e. The van der Waals surface area contributed by atoms with Crippen LogP contribution in [0.5, 0.6) is 0 Å². The molecule has 1 fully saturated rings. The van der Waals surface area contributed by atoms with Crippen LogP contribution in [0, 0.1) is 5.82 Å². The number of halogens is 1. The molecule has 23 heavy (non-hydrogen) atoms. The van der Waals surface area contributed by atoms with E-state index < -0.39 is 11.2 Å². The standard InChI is InChI=1S/C17H20FN3O2/c1-3-20-6-8-21(9-7-20)17(23)14-11-19(2)15-5-4-12(18)10-13(15)16(14)22/h4-5,10-11H,3,6-9H2,1-2H3. The molecule has 2 aromatic rings. The summed E-state index contributed by atoms with van der Waals surface area (Å²) in [6.45, 7) is 5.88. The van der Waals surface area contributed by atoms with Crippen LogP contribution in [-0.4, -0.2) is 53.0 Å². The lowest BCUT2D eigenvalue weighted by molar-refractivity contribution is 0.0641. The summed E-state index contributed by atoms with van der Waals surface area (Å²) in [5.41, 5.74) is 0.319. The van der Waals surface area contributed by atoms with Crippen molar-refractivity contribution in [2.45, 2.75) is 6.92 Å². The van der Waals surface area contributed by atoms with Crippen molar-refractivity contribution in [3.63, 3.8) is 0 Å². The highest BCUT2D eigenvalue weighted by Gasteiger charge is 2.24. The molecule has 2 heterocycles. The van der Waals surface area contributed by atoms with E-state index in [-0.39, 0.29) is 16.9 Å². The summed E-state index contributed by atoms with van der Waals surface area (Å²) in [5.74, 6) is -0.747. The molecule has 5 nitrogen and oxygen atoms in total. The second-order valence-corrected chi connectivity index (χ2v) is 5.87. The molecule has 1 aromatic carbocycles. The molecule has 0 aliphatic carbocycles. The predicted molar refractivity (Wildman–Crippen MR) is 87.2 cm³/mol. The number of fused-ring (bicyclic) bond motifs is 1. The third kappa shape index (κ3) is 2.86. The number of nitrogens with zero attached hydrogens (tertiary/aromatic N) is 3. The number of carbonyl (C=O) groups excluding carboxylic acids is 1. The summed E-state index contributed by atoms with van der Waals surface area (Å²) in [4.78, 5) is 29.3. The zero-order chi connectivity index (χ0) is 16.6. The summed E-state index contributed by atoms with van der Waals surface area (Å²) < 4.78 is 15.2. The molecule has 1 aromatic heterocycles. The number of amides is 1. The smallest absolute Gasteiger partial charge is 0.259 e. The summed E-state index contributed by atoms with van der Waals surface area (Å²) in [5, 5.41) is 0.241. The van der Waals surface area contributed by atoms with Crippen LogP contribution >= 0.6 is 0 Å². The highest BCUT2D eigenvalue weighted by atomic mass is 19.1. The SMILES string of the molecule is CCN1CCN(C(=O)c2cn(C)c3ccc(F)cc3c2=O)CC1. The Morgan fingerprint density at radius 1 is 1.22 bits per heavy atom. The van der Waals surface area contributed by atoms with Crippen LogP contribution in [0.1, 0.15) is 17.3 Å². The van der Waals surface area contributed by atoms with Crippen molar-refractivity contribution in [2.24, 2.45) is 7.05 Å². The van der Waals surface area contributed by atoms with Crippen LogP contribution in [0.25, 0.3) is 10.9 Å². The maximum Gasteiger partial charge on any atom is 0.259 e. The Labute approximate surface area is 133 Å². The number of hydrogen-bond donors (Lipinski definition) is 0. The van der Waals surface area contributed by atoms with E-state index in [0.29, 0.717) is 18.6 Å². The number of rotatable bonds is 2. The topological polar surface area (TPSA) is 45.5 Å². The van der Waals surface area contributed by atoms with Crippen LogP contribution in [0.4, 0.5) is 4.39 Å². The number of carbonyl (C=O) groups is 1. The molecule has 1 amide bonds. The molecule has 0 spiro atoms.